The van der Waals surface area contributed by atoms with Crippen LogP contribution in [0.1, 0.15) is 48.0 Å². The first-order valence-corrected chi connectivity index (χ1v) is 7.24. The van der Waals surface area contributed by atoms with Crippen LogP contribution in [0.3, 0.4) is 0 Å². The fourth-order valence-electron chi connectivity index (χ4n) is 2.52. The van der Waals surface area contributed by atoms with Crippen molar-refractivity contribution in [1.29, 1.82) is 0 Å². The standard InChI is InChI=1S/C13H20N2O2S/c1-8-4-6-10(7-5-8)15(3)13-14-11(12(16)17)9(2)18-13/h8,10H,4-7H2,1-3H3,(H,16,17). The van der Waals surface area contributed by atoms with E-state index in [4.69, 9.17) is 5.11 Å². The molecule has 0 saturated heterocycles. The maximum Gasteiger partial charge on any atom is 0.355 e. The van der Waals surface area contributed by atoms with Crippen LogP contribution in [-0.4, -0.2) is 29.1 Å². The first kappa shape index (κ1) is 13.3. The number of anilines is 1. The summed E-state index contributed by atoms with van der Waals surface area (Å²) in [6.07, 6.45) is 4.87. The molecule has 0 aromatic carbocycles. The highest BCUT2D eigenvalue weighted by atomic mass is 32.1. The molecular formula is C13H20N2O2S. The van der Waals surface area contributed by atoms with Gasteiger partial charge in [-0.1, -0.05) is 6.92 Å². The van der Waals surface area contributed by atoms with Gasteiger partial charge in [0.2, 0.25) is 0 Å². The zero-order valence-corrected chi connectivity index (χ0v) is 12.0. The smallest absolute Gasteiger partial charge is 0.355 e. The number of aryl methyl sites for hydroxylation is 1. The molecule has 1 aliphatic rings. The van der Waals surface area contributed by atoms with Gasteiger partial charge in [0.25, 0.3) is 0 Å². The summed E-state index contributed by atoms with van der Waals surface area (Å²) in [4.78, 5) is 18.2. The monoisotopic (exact) mass is 268 g/mol. The highest BCUT2D eigenvalue weighted by molar-refractivity contribution is 7.15. The van der Waals surface area contributed by atoms with Gasteiger partial charge in [-0.25, -0.2) is 9.78 Å². The van der Waals surface area contributed by atoms with E-state index in [1.54, 1.807) is 0 Å². The second-order valence-electron chi connectivity index (χ2n) is 5.23. The van der Waals surface area contributed by atoms with E-state index >= 15 is 0 Å². The number of hydrogen-bond acceptors (Lipinski definition) is 4. The molecule has 4 nitrogen and oxygen atoms in total. The molecule has 1 aliphatic carbocycles. The Labute approximate surface area is 112 Å². The van der Waals surface area contributed by atoms with E-state index in [1.165, 1.54) is 37.0 Å². The number of hydrogen-bond donors (Lipinski definition) is 1. The molecule has 100 valence electrons. The third-order valence-electron chi connectivity index (χ3n) is 3.82. The molecule has 1 N–H and O–H groups in total. The summed E-state index contributed by atoms with van der Waals surface area (Å²) in [6, 6.07) is 0.508. The van der Waals surface area contributed by atoms with E-state index in [9.17, 15) is 4.79 Å². The molecule has 1 heterocycles. The lowest BCUT2D eigenvalue weighted by atomic mass is 9.87. The minimum Gasteiger partial charge on any atom is -0.476 e. The lowest BCUT2D eigenvalue weighted by Gasteiger charge is -2.33. The summed E-state index contributed by atoms with van der Waals surface area (Å²) in [7, 11) is 2.03. The van der Waals surface area contributed by atoms with E-state index in [2.05, 4.69) is 16.8 Å². The Balaban J connectivity index is 2.11. The van der Waals surface area contributed by atoms with Crippen molar-refractivity contribution in [3.05, 3.63) is 10.6 Å². The molecule has 0 aliphatic heterocycles. The second kappa shape index (κ2) is 5.26. The van der Waals surface area contributed by atoms with Crippen molar-refractivity contribution >= 4 is 22.4 Å². The molecule has 0 spiro atoms. The van der Waals surface area contributed by atoms with Crippen molar-refractivity contribution in [2.45, 2.75) is 45.6 Å². The Bertz CT molecular complexity index is 436. The molecule has 0 atom stereocenters. The lowest BCUT2D eigenvalue weighted by molar-refractivity contribution is 0.0690. The van der Waals surface area contributed by atoms with Crippen LogP contribution in [0.2, 0.25) is 0 Å². The largest absolute Gasteiger partial charge is 0.476 e. The van der Waals surface area contributed by atoms with Gasteiger partial charge in [0.15, 0.2) is 10.8 Å². The van der Waals surface area contributed by atoms with Crippen LogP contribution in [-0.2, 0) is 0 Å². The van der Waals surface area contributed by atoms with Gasteiger partial charge in [-0.05, 0) is 38.5 Å². The van der Waals surface area contributed by atoms with Crippen LogP contribution in [0, 0.1) is 12.8 Å². The molecule has 0 unspecified atom stereocenters. The zero-order valence-electron chi connectivity index (χ0n) is 11.1. The van der Waals surface area contributed by atoms with E-state index in [-0.39, 0.29) is 5.69 Å². The summed E-state index contributed by atoms with van der Waals surface area (Å²) in [6.45, 7) is 4.12. The SMILES string of the molecule is Cc1sc(N(C)C2CCC(C)CC2)nc1C(=O)O. The first-order valence-electron chi connectivity index (χ1n) is 6.42. The number of thiazole rings is 1. The quantitative estimate of drug-likeness (QED) is 0.915. The fourth-order valence-corrected chi connectivity index (χ4v) is 3.45. The molecule has 0 amide bonds. The van der Waals surface area contributed by atoms with Crippen LogP contribution in [0.25, 0.3) is 0 Å². The third kappa shape index (κ3) is 2.66. The van der Waals surface area contributed by atoms with Crippen molar-refractivity contribution in [1.82, 2.24) is 4.98 Å². The van der Waals surface area contributed by atoms with Crippen molar-refractivity contribution in [3.63, 3.8) is 0 Å². The van der Waals surface area contributed by atoms with Crippen LogP contribution in [0.4, 0.5) is 5.13 Å². The summed E-state index contributed by atoms with van der Waals surface area (Å²) in [5.41, 5.74) is 0.200. The van der Waals surface area contributed by atoms with Gasteiger partial charge in [-0.2, -0.15) is 0 Å². The van der Waals surface area contributed by atoms with E-state index in [1.807, 2.05) is 14.0 Å². The highest BCUT2D eigenvalue weighted by Gasteiger charge is 2.25. The first-order chi connectivity index (χ1) is 8.49. The van der Waals surface area contributed by atoms with Gasteiger partial charge in [0, 0.05) is 18.0 Å². The predicted molar refractivity (Wildman–Crippen MR) is 73.6 cm³/mol. The molecule has 1 aromatic rings. The van der Waals surface area contributed by atoms with Crippen molar-refractivity contribution < 1.29 is 9.90 Å². The Morgan fingerprint density at radius 2 is 2.00 bits per heavy atom. The van der Waals surface area contributed by atoms with Crippen LogP contribution in [0.5, 0.6) is 0 Å². The number of aromatic carboxylic acids is 1. The molecular weight excluding hydrogens is 248 g/mol. The van der Waals surface area contributed by atoms with Gasteiger partial charge < -0.3 is 10.0 Å². The molecule has 0 bridgehead atoms. The highest BCUT2D eigenvalue weighted by Crippen LogP contribution is 2.32. The van der Waals surface area contributed by atoms with E-state index in [0.717, 1.165) is 15.9 Å². The number of rotatable bonds is 3. The van der Waals surface area contributed by atoms with E-state index < -0.39 is 5.97 Å². The number of carboxylic acid groups (broad SMARTS) is 1. The Kier molecular flexibility index (Phi) is 3.90. The summed E-state index contributed by atoms with van der Waals surface area (Å²) >= 11 is 1.48. The Morgan fingerprint density at radius 3 is 2.50 bits per heavy atom. The second-order valence-corrected chi connectivity index (χ2v) is 6.41. The normalized spacial score (nSPS) is 23.9. The maximum atomic E-state index is 11.0. The van der Waals surface area contributed by atoms with Crippen LogP contribution < -0.4 is 4.90 Å². The minimum atomic E-state index is -0.930. The molecule has 1 saturated carbocycles. The number of carbonyl (C=O) groups is 1. The minimum absolute atomic E-state index is 0.200. The molecule has 1 aromatic heterocycles. The topological polar surface area (TPSA) is 53.4 Å². The van der Waals surface area contributed by atoms with Crippen molar-refractivity contribution in [3.8, 4) is 0 Å². The predicted octanol–water partition coefficient (Wildman–Crippen LogP) is 3.16. The maximum absolute atomic E-state index is 11.0. The fraction of sp³-hybridized carbons (Fsp3) is 0.692. The third-order valence-corrected chi connectivity index (χ3v) is 4.88. The van der Waals surface area contributed by atoms with E-state index in [0.29, 0.717) is 6.04 Å². The van der Waals surface area contributed by atoms with Gasteiger partial charge in [0.05, 0.1) is 0 Å². The lowest BCUT2D eigenvalue weighted by Crippen LogP contribution is -2.34. The van der Waals surface area contributed by atoms with Crippen molar-refractivity contribution in [2.24, 2.45) is 5.92 Å². The molecule has 2 rings (SSSR count). The van der Waals surface area contributed by atoms with Crippen molar-refractivity contribution in [2.75, 3.05) is 11.9 Å². The number of carboxylic acids is 1. The van der Waals surface area contributed by atoms with Gasteiger partial charge in [0.1, 0.15) is 0 Å². The summed E-state index contributed by atoms with van der Waals surface area (Å²) in [5, 5.41) is 9.87. The Hall–Kier alpha value is -1.10. The van der Waals surface area contributed by atoms with Crippen LogP contribution in [0.15, 0.2) is 0 Å². The average Bonchev–Trinajstić information content (AvgIpc) is 2.71. The average molecular weight is 268 g/mol. The van der Waals surface area contributed by atoms with Gasteiger partial charge in [-0.3, -0.25) is 0 Å². The summed E-state index contributed by atoms with van der Waals surface area (Å²) < 4.78 is 0. The Morgan fingerprint density at radius 1 is 1.39 bits per heavy atom. The zero-order chi connectivity index (χ0) is 13.3. The van der Waals surface area contributed by atoms with Gasteiger partial charge in [-0.15, -0.1) is 11.3 Å². The number of aromatic nitrogens is 1. The molecule has 1 fully saturated rings. The number of nitrogens with zero attached hydrogens (tertiary/aromatic N) is 2. The van der Waals surface area contributed by atoms with Gasteiger partial charge >= 0.3 is 5.97 Å². The molecule has 0 radical (unpaired) electrons. The molecule has 5 heteroatoms. The molecule has 18 heavy (non-hydrogen) atoms. The van der Waals surface area contributed by atoms with Crippen LogP contribution >= 0.6 is 11.3 Å². The summed E-state index contributed by atoms with van der Waals surface area (Å²) in [5.74, 6) is -0.108.